The fourth-order valence-electron chi connectivity index (χ4n) is 1.83. The Labute approximate surface area is 134 Å². The first-order valence-electron chi connectivity index (χ1n) is 6.84. The zero-order chi connectivity index (χ0) is 15.1. The van der Waals surface area contributed by atoms with Gasteiger partial charge in [-0.3, -0.25) is 4.79 Å². The molecule has 0 saturated carbocycles. The van der Waals surface area contributed by atoms with Gasteiger partial charge in [-0.25, -0.2) is 0 Å². The van der Waals surface area contributed by atoms with Crippen molar-refractivity contribution < 1.29 is 4.79 Å². The lowest BCUT2D eigenvalue weighted by Crippen LogP contribution is -2.27. The van der Waals surface area contributed by atoms with Crippen molar-refractivity contribution in [3.63, 3.8) is 0 Å². The summed E-state index contributed by atoms with van der Waals surface area (Å²) in [6, 6.07) is 15.9. The summed E-state index contributed by atoms with van der Waals surface area (Å²) in [6.45, 7) is 2.70. The number of halogens is 1. The van der Waals surface area contributed by atoms with Crippen LogP contribution >= 0.6 is 23.4 Å². The quantitative estimate of drug-likeness (QED) is 0.812. The van der Waals surface area contributed by atoms with Crippen molar-refractivity contribution in [2.45, 2.75) is 18.2 Å². The second-order valence-electron chi connectivity index (χ2n) is 4.83. The van der Waals surface area contributed by atoms with Crippen molar-refractivity contribution in [2.24, 2.45) is 0 Å². The standard InChI is InChI=1S/C17H18ClNOS/c1-13-2-8-16(9-3-13)21-12-17(20)19-11-10-14-4-6-15(18)7-5-14/h2-9H,10-12H2,1H3,(H,19,20). The number of rotatable bonds is 6. The molecule has 2 nitrogen and oxygen atoms in total. The van der Waals surface area contributed by atoms with Gasteiger partial charge < -0.3 is 5.32 Å². The van der Waals surface area contributed by atoms with Gasteiger partial charge in [0.1, 0.15) is 0 Å². The SMILES string of the molecule is Cc1ccc(SCC(=O)NCCc2ccc(Cl)cc2)cc1. The van der Waals surface area contributed by atoms with Crippen LogP contribution in [0.3, 0.4) is 0 Å². The van der Waals surface area contributed by atoms with Crippen molar-refractivity contribution in [1.82, 2.24) is 5.32 Å². The number of nitrogens with one attached hydrogen (secondary N) is 1. The summed E-state index contributed by atoms with van der Waals surface area (Å²) in [6.07, 6.45) is 0.818. The van der Waals surface area contributed by atoms with Gasteiger partial charge in [0.2, 0.25) is 5.91 Å². The molecule has 110 valence electrons. The predicted molar refractivity (Wildman–Crippen MR) is 90.1 cm³/mol. The molecule has 21 heavy (non-hydrogen) atoms. The molecule has 0 aliphatic rings. The van der Waals surface area contributed by atoms with Gasteiger partial charge >= 0.3 is 0 Å². The zero-order valence-corrected chi connectivity index (χ0v) is 13.5. The summed E-state index contributed by atoms with van der Waals surface area (Å²) in [5.74, 6) is 0.512. The number of carbonyl (C=O) groups is 1. The lowest BCUT2D eigenvalue weighted by Gasteiger charge is -2.06. The van der Waals surface area contributed by atoms with E-state index in [1.54, 1.807) is 11.8 Å². The largest absolute Gasteiger partial charge is 0.355 e. The molecule has 1 N–H and O–H groups in total. The molecule has 0 aromatic heterocycles. The summed E-state index contributed by atoms with van der Waals surface area (Å²) in [7, 11) is 0. The molecule has 2 aromatic rings. The third-order valence-electron chi connectivity index (χ3n) is 3.04. The topological polar surface area (TPSA) is 29.1 Å². The predicted octanol–water partition coefficient (Wildman–Crippen LogP) is 4.10. The smallest absolute Gasteiger partial charge is 0.230 e. The van der Waals surface area contributed by atoms with E-state index in [9.17, 15) is 4.79 Å². The molecular formula is C17H18ClNOS. The number of thioether (sulfide) groups is 1. The molecule has 0 saturated heterocycles. The van der Waals surface area contributed by atoms with E-state index in [1.807, 2.05) is 36.4 Å². The van der Waals surface area contributed by atoms with Crippen molar-refractivity contribution in [3.05, 3.63) is 64.7 Å². The maximum atomic E-state index is 11.8. The molecule has 2 rings (SSSR count). The van der Waals surface area contributed by atoms with Crippen LogP contribution in [0.25, 0.3) is 0 Å². The monoisotopic (exact) mass is 319 g/mol. The van der Waals surface area contributed by atoms with Crippen LogP contribution in [-0.4, -0.2) is 18.2 Å². The molecule has 0 fully saturated rings. The summed E-state index contributed by atoms with van der Waals surface area (Å²) < 4.78 is 0. The molecule has 2 aromatic carbocycles. The van der Waals surface area contributed by atoms with Gasteiger partial charge in [0.05, 0.1) is 5.75 Å². The van der Waals surface area contributed by atoms with Crippen LogP contribution in [0, 0.1) is 6.92 Å². The average Bonchev–Trinajstić information content (AvgIpc) is 2.49. The van der Waals surface area contributed by atoms with Gasteiger partial charge in [-0.1, -0.05) is 41.4 Å². The molecule has 0 unspecified atom stereocenters. The van der Waals surface area contributed by atoms with E-state index in [-0.39, 0.29) is 5.91 Å². The molecule has 1 amide bonds. The van der Waals surface area contributed by atoms with E-state index in [1.165, 1.54) is 11.1 Å². The molecule has 0 atom stereocenters. The van der Waals surface area contributed by atoms with Gasteiger partial charge in [-0.2, -0.15) is 0 Å². The highest BCUT2D eigenvalue weighted by Gasteiger charge is 2.02. The highest BCUT2D eigenvalue weighted by Crippen LogP contribution is 2.17. The summed E-state index contributed by atoms with van der Waals surface area (Å²) >= 11 is 7.39. The van der Waals surface area contributed by atoms with E-state index in [0.29, 0.717) is 12.3 Å². The van der Waals surface area contributed by atoms with Crippen LogP contribution in [-0.2, 0) is 11.2 Å². The Morgan fingerprint density at radius 3 is 2.43 bits per heavy atom. The molecule has 0 aliphatic heterocycles. The number of aryl methyl sites for hydroxylation is 1. The Morgan fingerprint density at radius 1 is 1.10 bits per heavy atom. The summed E-state index contributed by atoms with van der Waals surface area (Å²) in [5.41, 5.74) is 2.40. The minimum Gasteiger partial charge on any atom is -0.355 e. The van der Waals surface area contributed by atoms with Crippen molar-refractivity contribution >= 4 is 29.3 Å². The third-order valence-corrected chi connectivity index (χ3v) is 4.30. The second-order valence-corrected chi connectivity index (χ2v) is 6.31. The summed E-state index contributed by atoms with van der Waals surface area (Å²) in [4.78, 5) is 12.9. The Balaban J connectivity index is 1.67. The first kappa shape index (κ1) is 15.9. The van der Waals surface area contributed by atoms with E-state index < -0.39 is 0 Å². The molecular weight excluding hydrogens is 302 g/mol. The minimum absolute atomic E-state index is 0.0644. The maximum absolute atomic E-state index is 11.8. The van der Waals surface area contributed by atoms with Crippen LogP contribution in [0.2, 0.25) is 5.02 Å². The van der Waals surface area contributed by atoms with Crippen molar-refractivity contribution in [3.8, 4) is 0 Å². The van der Waals surface area contributed by atoms with E-state index in [4.69, 9.17) is 11.6 Å². The van der Waals surface area contributed by atoms with Crippen molar-refractivity contribution in [1.29, 1.82) is 0 Å². The lowest BCUT2D eigenvalue weighted by atomic mass is 10.1. The van der Waals surface area contributed by atoms with Gasteiger partial charge in [-0.15, -0.1) is 11.8 Å². The van der Waals surface area contributed by atoms with Gasteiger partial charge in [0.15, 0.2) is 0 Å². The van der Waals surface area contributed by atoms with Crippen molar-refractivity contribution in [2.75, 3.05) is 12.3 Å². The maximum Gasteiger partial charge on any atom is 0.230 e. The van der Waals surface area contributed by atoms with Crippen LogP contribution in [0.15, 0.2) is 53.4 Å². The van der Waals surface area contributed by atoms with E-state index in [0.717, 1.165) is 16.3 Å². The van der Waals surface area contributed by atoms with Gasteiger partial charge in [0, 0.05) is 16.5 Å². The molecule has 4 heteroatoms. The highest BCUT2D eigenvalue weighted by molar-refractivity contribution is 8.00. The Morgan fingerprint density at radius 2 is 1.76 bits per heavy atom. The fourth-order valence-corrected chi connectivity index (χ4v) is 2.69. The van der Waals surface area contributed by atoms with Crippen LogP contribution < -0.4 is 5.32 Å². The minimum atomic E-state index is 0.0644. The number of hydrogen-bond donors (Lipinski definition) is 1. The fraction of sp³-hybridized carbons (Fsp3) is 0.235. The Bertz CT molecular complexity index is 581. The Hall–Kier alpha value is -1.45. The molecule has 0 heterocycles. The number of hydrogen-bond acceptors (Lipinski definition) is 2. The Kier molecular flexibility index (Phi) is 6.15. The molecule has 0 bridgehead atoms. The molecule has 0 radical (unpaired) electrons. The molecule has 0 spiro atoms. The van der Waals surface area contributed by atoms with Crippen LogP contribution in [0.1, 0.15) is 11.1 Å². The third kappa shape index (κ3) is 5.82. The van der Waals surface area contributed by atoms with Crippen LogP contribution in [0.4, 0.5) is 0 Å². The van der Waals surface area contributed by atoms with E-state index in [2.05, 4.69) is 24.4 Å². The van der Waals surface area contributed by atoms with Crippen LogP contribution in [0.5, 0.6) is 0 Å². The number of benzene rings is 2. The molecule has 0 aliphatic carbocycles. The number of carbonyl (C=O) groups excluding carboxylic acids is 1. The van der Waals surface area contributed by atoms with E-state index >= 15 is 0 Å². The van der Waals surface area contributed by atoms with Gasteiger partial charge in [-0.05, 0) is 43.2 Å². The average molecular weight is 320 g/mol. The van der Waals surface area contributed by atoms with Gasteiger partial charge in [0.25, 0.3) is 0 Å². The lowest BCUT2D eigenvalue weighted by molar-refractivity contribution is -0.118. The second kappa shape index (κ2) is 8.11. The first-order valence-corrected chi connectivity index (χ1v) is 8.20. The summed E-state index contributed by atoms with van der Waals surface area (Å²) in [5, 5.41) is 3.67. The number of amides is 1. The first-order chi connectivity index (χ1) is 10.1. The zero-order valence-electron chi connectivity index (χ0n) is 11.9. The normalized spacial score (nSPS) is 10.4. The highest BCUT2D eigenvalue weighted by atomic mass is 35.5.